The molecule has 0 saturated carbocycles. The predicted octanol–water partition coefficient (Wildman–Crippen LogP) is 2.53. The van der Waals surface area contributed by atoms with Crippen LogP contribution in [0.5, 0.6) is 0 Å². The summed E-state index contributed by atoms with van der Waals surface area (Å²) in [5, 5.41) is 7.35. The van der Waals surface area contributed by atoms with Crippen molar-refractivity contribution < 1.29 is 9.26 Å². The maximum Gasteiger partial charge on any atom is 0.259 e. The smallest absolute Gasteiger partial charge is 0.259 e. The molecule has 11 nitrogen and oxygen atoms in total. The molecule has 32 heavy (non-hydrogen) atoms. The summed E-state index contributed by atoms with van der Waals surface area (Å²) in [6.07, 6.45) is 2.64. The van der Waals surface area contributed by atoms with Gasteiger partial charge in [-0.15, -0.1) is 0 Å². The van der Waals surface area contributed by atoms with Gasteiger partial charge in [-0.1, -0.05) is 23.4 Å². The van der Waals surface area contributed by atoms with Crippen molar-refractivity contribution in [3.63, 3.8) is 0 Å². The van der Waals surface area contributed by atoms with Crippen molar-refractivity contribution in [2.75, 3.05) is 36.2 Å². The summed E-state index contributed by atoms with van der Waals surface area (Å²) in [5.41, 5.74) is 7.50. The summed E-state index contributed by atoms with van der Waals surface area (Å²) in [7, 11) is 1.84. The number of hydrogen-bond donors (Lipinski definition) is 2. The molecule has 0 aliphatic carbocycles. The molecular weight excluding hydrogens is 410 g/mol. The highest BCUT2D eigenvalue weighted by Crippen LogP contribution is 2.24. The molecule has 4 aromatic rings. The van der Waals surface area contributed by atoms with E-state index in [4.69, 9.17) is 15.0 Å². The number of hydrogen-bond acceptors (Lipinski definition) is 11. The highest BCUT2D eigenvalue weighted by atomic mass is 16.5. The number of nitrogens with zero attached hydrogens (tertiary/aromatic N) is 7. The molecule has 1 aliphatic rings. The van der Waals surface area contributed by atoms with E-state index in [-0.39, 0.29) is 23.6 Å². The molecule has 0 bridgehead atoms. The third-order valence-corrected chi connectivity index (χ3v) is 5.00. The first-order chi connectivity index (χ1) is 15.7. The Balaban J connectivity index is 1.37. The summed E-state index contributed by atoms with van der Waals surface area (Å²) in [6.45, 7) is 1.46. The first kappa shape index (κ1) is 19.8. The number of para-hydroxylation sites is 1. The SMILES string of the molecule is CN(c1ccccc1)c1nc(N)nc(-c2noc(-c3ccc(NC4CCOC4)nc3)n2)n1. The molecule has 1 atom stereocenters. The minimum Gasteiger partial charge on any atom is -0.379 e. The van der Waals surface area contributed by atoms with Crippen molar-refractivity contribution in [3.8, 4) is 23.1 Å². The Morgan fingerprint density at radius 1 is 1.03 bits per heavy atom. The lowest BCUT2D eigenvalue weighted by atomic mass is 10.2. The maximum absolute atomic E-state index is 5.91. The average Bonchev–Trinajstić information content (AvgIpc) is 3.52. The molecule has 5 rings (SSSR count). The third kappa shape index (κ3) is 4.18. The number of nitrogens with one attached hydrogen (secondary N) is 1. The van der Waals surface area contributed by atoms with Crippen LogP contribution in [0.25, 0.3) is 23.1 Å². The van der Waals surface area contributed by atoms with Crippen LogP contribution in [0.1, 0.15) is 6.42 Å². The van der Waals surface area contributed by atoms with Gasteiger partial charge in [0.15, 0.2) is 0 Å². The molecule has 0 radical (unpaired) electrons. The molecule has 1 aromatic carbocycles. The van der Waals surface area contributed by atoms with Gasteiger partial charge in [0, 0.05) is 25.5 Å². The predicted molar refractivity (Wildman–Crippen MR) is 118 cm³/mol. The van der Waals surface area contributed by atoms with Gasteiger partial charge in [0.2, 0.25) is 23.5 Å². The van der Waals surface area contributed by atoms with Crippen LogP contribution in [0.3, 0.4) is 0 Å². The summed E-state index contributed by atoms with van der Waals surface area (Å²) < 4.78 is 10.8. The van der Waals surface area contributed by atoms with E-state index in [2.05, 4.69) is 35.4 Å². The fourth-order valence-corrected chi connectivity index (χ4v) is 3.29. The van der Waals surface area contributed by atoms with Gasteiger partial charge in [-0.2, -0.15) is 19.9 Å². The number of anilines is 4. The van der Waals surface area contributed by atoms with Gasteiger partial charge < -0.3 is 25.2 Å². The second-order valence-electron chi connectivity index (χ2n) is 7.27. The fraction of sp³-hybridized carbons (Fsp3) is 0.238. The van der Waals surface area contributed by atoms with Crippen molar-refractivity contribution in [1.82, 2.24) is 30.1 Å². The molecule has 3 aromatic heterocycles. The molecule has 1 unspecified atom stereocenters. The van der Waals surface area contributed by atoms with Gasteiger partial charge in [0.1, 0.15) is 5.82 Å². The monoisotopic (exact) mass is 431 g/mol. The molecule has 0 amide bonds. The Morgan fingerprint density at radius 2 is 1.91 bits per heavy atom. The van der Waals surface area contributed by atoms with Crippen LogP contribution in [0.15, 0.2) is 53.2 Å². The Bertz CT molecular complexity index is 1190. The largest absolute Gasteiger partial charge is 0.379 e. The van der Waals surface area contributed by atoms with Gasteiger partial charge in [0.25, 0.3) is 5.89 Å². The second-order valence-corrected chi connectivity index (χ2v) is 7.27. The van der Waals surface area contributed by atoms with Gasteiger partial charge in [-0.3, -0.25) is 0 Å². The van der Waals surface area contributed by atoms with E-state index in [0.29, 0.717) is 24.0 Å². The first-order valence-electron chi connectivity index (χ1n) is 10.1. The quantitative estimate of drug-likeness (QED) is 0.465. The van der Waals surface area contributed by atoms with Crippen molar-refractivity contribution in [2.45, 2.75) is 12.5 Å². The topological polar surface area (TPSA) is 141 Å². The Morgan fingerprint density at radius 3 is 2.66 bits per heavy atom. The molecule has 4 heterocycles. The summed E-state index contributed by atoms with van der Waals surface area (Å²) in [4.78, 5) is 23.5. The lowest BCUT2D eigenvalue weighted by molar-refractivity contribution is 0.195. The minimum absolute atomic E-state index is 0.0621. The standard InChI is InChI=1S/C21H21N9O2/c1-30(15-5-3-2-4-6-15)21-27-17(26-20(22)28-21)18-25-19(32-29-18)13-7-8-16(23-11-13)24-14-9-10-31-12-14/h2-8,11,14H,9-10,12H2,1H3,(H,23,24)(H2,22,26,27,28). The lowest BCUT2D eigenvalue weighted by Crippen LogP contribution is -2.19. The molecular formula is C21H21N9O2. The Hall–Kier alpha value is -4.12. The van der Waals surface area contributed by atoms with E-state index in [0.717, 1.165) is 24.5 Å². The van der Waals surface area contributed by atoms with E-state index in [1.54, 1.807) is 11.1 Å². The average molecular weight is 431 g/mol. The molecule has 162 valence electrons. The molecule has 0 spiro atoms. The Labute approximate surface area is 183 Å². The van der Waals surface area contributed by atoms with Crippen LogP contribution in [0.4, 0.5) is 23.4 Å². The van der Waals surface area contributed by atoms with Crippen molar-refractivity contribution in [3.05, 3.63) is 48.7 Å². The number of nitrogen functional groups attached to an aromatic ring is 1. The molecule has 1 fully saturated rings. The number of ether oxygens (including phenoxy) is 1. The van der Waals surface area contributed by atoms with Crippen LogP contribution in [-0.2, 0) is 4.74 Å². The number of benzene rings is 1. The van der Waals surface area contributed by atoms with Crippen LogP contribution in [-0.4, -0.2) is 56.4 Å². The molecule has 3 N–H and O–H groups in total. The Kier molecular flexibility index (Phi) is 5.30. The summed E-state index contributed by atoms with van der Waals surface area (Å²) in [5.74, 6) is 1.94. The normalized spacial score (nSPS) is 15.6. The highest BCUT2D eigenvalue weighted by Gasteiger charge is 2.18. The van der Waals surface area contributed by atoms with E-state index in [9.17, 15) is 0 Å². The molecule has 1 saturated heterocycles. The minimum atomic E-state index is 0.0621. The number of aromatic nitrogens is 6. The van der Waals surface area contributed by atoms with Crippen molar-refractivity contribution in [1.29, 1.82) is 0 Å². The first-order valence-corrected chi connectivity index (χ1v) is 10.1. The van der Waals surface area contributed by atoms with E-state index < -0.39 is 0 Å². The lowest BCUT2D eigenvalue weighted by Gasteiger charge is -2.17. The summed E-state index contributed by atoms with van der Waals surface area (Å²) in [6, 6.07) is 13.7. The maximum atomic E-state index is 5.91. The summed E-state index contributed by atoms with van der Waals surface area (Å²) >= 11 is 0. The zero-order valence-electron chi connectivity index (χ0n) is 17.3. The van der Waals surface area contributed by atoms with Gasteiger partial charge in [-0.25, -0.2) is 4.98 Å². The van der Waals surface area contributed by atoms with Crippen LogP contribution in [0.2, 0.25) is 0 Å². The van der Waals surface area contributed by atoms with Crippen LogP contribution >= 0.6 is 0 Å². The molecule has 11 heteroatoms. The van der Waals surface area contributed by atoms with Gasteiger partial charge in [0.05, 0.1) is 18.2 Å². The second kappa shape index (κ2) is 8.55. The van der Waals surface area contributed by atoms with E-state index in [1.807, 2.05) is 49.5 Å². The van der Waals surface area contributed by atoms with Crippen molar-refractivity contribution in [2.24, 2.45) is 0 Å². The molecule has 1 aliphatic heterocycles. The third-order valence-electron chi connectivity index (χ3n) is 5.00. The van der Waals surface area contributed by atoms with Crippen LogP contribution < -0.4 is 16.0 Å². The van der Waals surface area contributed by atoms with Gasteiger partial charge in [-0.05, 0) is 30.7 Å². The van der Waals surface area contributed by atoms with Crippen LogP contribution in [0, 0.1) is 0 Å². The zero-order valence-corrected chi connectivity index (χ0v) is 17.3. The number of nitrogens with two attached hydrogens (primary N) is 1. The van der Waals surface area contributed by atoms with E-state index >= 15 is 0 Å². The zero-order chi connectivity index (χ0) is 21.9. The van der Waals surface area contributed by atoms with E-state index in [1.165, 1.54) is 0 Å². The number of pyridine rings is 1. The van der Waals surface area contributed by atoms with Gasteiger partial charge >= 0.3 is 0 Å². The van der Waals surface area contributed by atoms with Crippen molar-refractivity contribution >= 4 is 23.4 Å². The number of rotatable bonds is 6. The highest BCUT2D eigenvalue weighted by molar-refractivity contribution is 5.60. The fourth-order valence-electron chi connectivity index (χ4n) is 3.29.